The highest BCUT2D eigenvalue weighted by molar-refractivity contribution is 6.35. The second-order valence-corrected chi connectivity index (χ2v) is 12.0. The smallest absolute Gasteiger partial charge is 0.254 e. The van der Waals surface area contributed by atoms with E-state index in [2.05, 4.69) is 23.2 Å². The molecule has 0 aliphatic carbocycles. The molecular weight excluding hydrogens is 591 g/mol. The van der Waals surface area contributed by atoms with Gasteiger partial charge in [0, 0.05) is 72.1 Å². The lowest BCUT2D eigenvalue weighted by Crippen LogP contribution is -2.44. The number of nitrogens with one attached hydrogen (secondary N) is 1. The standard InChI is InChI=1S/C36H36Cl2N4O2/c1-40(2)32-14-12-27(13-15-32)24-41(19-17-28-23-39-34-11-7-6-10-33(28)34)35(43)25-42(18-16-26-8-4-3-5-9-26)36(44)29-20-30(37)22-31(38)21-29/h3-15,20-23,39H,16-19,24-25H2,1-2H3. The molecule has 0 atom stereocenters. The number of aromatic amines is 1. The monoisotopic (exact) mass is 626 g/mol. The Morgan fingerprint density at radius 3 is 2.09 bits per heavy atom. The molecule has 6 nitrogen and oxygen atoms in total. The van der Waals surface area contributed by atoms with E-state index < -0.39 is 0 Å². The van der Waals surface area contributed by atoms with E-state index in [1.165, 1.54) is 0 Å². The Bertz CT molecular complexity index is 1700. The molecule has 0 radical (unpaired) electrons. The number of halogens is 2. The van der Waals surface area contributed by atoms with Crippen molar-refractivity contribution in [1.82, 2.24) is 14.8 Å². The third-order valence-corrected chi connectivity index (χ3v) is 8.18. The van der Waals surface area contributed by atoms with Gasteiger partial charge in [0.1, 0.15) is 6.54 Å². The summed E-state index contributed by atoms with van der Waals surface area (Å²) < 4.78 is 0. The first-order chi connectivity index (χ1) is 21.3. The van der Waals surface area contributed by atoms with Crippen LogP contribution in [0.2, 0.25) is 10.0 Å². The Morgan fingerprint density at radius 2 is 1.39 bits per heavy atom. The molecule has 0 bridgehead atoms. The Balaban J connectivity index is 1.40. The van der Waals surface area contributed by atoms with Crippen molar-refractivity contribution in [3.63, 3.8) is 0 Å². The Morgan fingerprint density at radius 1 is 0.727 bits per heavy atom. The minimum Gasteiger partial charge on any atom is -0.378 e. The molecule has 1 N–H and O–H groups in total. The topological polar surface area (TPSA) is 59.7 Å². The largest absolute Gasteiger partial charge is 0.378 e. The number of rotatable bonds is 12. The van der Waals surface area contributed by atoms with Crippen molar-refractivity contribution in [2.24, 2.45) is 0 Å². The van der Waals surface area contributed by atoms with Crippen LogP contribution >= 0.6 is 23.2 Å². The van der Waals surface area contributed by atoms with E-state index in [1.807, 2.05) is 90.8 Å². The molecule has 5 rings (SSSR count). The average molecular weight is 628 g/mol. The van der Waals surface area contributed by atoms with Gasteiger partial charge in [0.25, 0.3) is 5.91 Å². The van der Waals surface area contributed by atoms with Crippen molar-refractivity contribution in [2.45, 2.75) is 19.4 Å². The number of carbonyl (C=O) groups excluding carboxylic acids is 2. The lowest BCUT2D eigenvalue weighted by Gasteiger charge is -2.28. The number of H-pyrrole nitrogens is 1. The van der Waals surface area contributed by atoms with Gasteiger partial charge in [0.05, 0.1) is 0 Å². The van der Waals surface area contributed by atoms with E-state index in [9.17, 15) is 9.59 Å². The first-order valence-electron chi connectivity index (χ1n) is 14.6. The van der Waals surface area contributed by atoms with E-state index in [1.54, 1.807) is 23.1 Å². The van der Waals surface area contributed by atoms with E-state index in [0.717, 1.165) is 33.3 Å². The van der Waals surface area contributed by atoms with Crippen LogP contribution in [0.15, 0.2) is 103 Å². The van der Waals surface area contributed by atoms with Crippen molar-refractivity contribution < 1.29 is 9.59 Å². The molecule has 44 heavy (non-hydrogen) atoms. The first-order valence-corrected chi connectivity index (χ1v) is 15.4. The highest BCUT2D eigenvalue weighted by Crippen LogP contribution is 2.22. The van der Waals surface area contributed by atoms with E-state index in [0.29, 0.717) is 48.1 Å². The zero-order chi connectivity index (χ0) is 31.1. The number of aromatic nitrogens is 1. The van der Waals surface area contributed by atoms with Crippen LogP contribution in [0.5, 0.6) is 0 Å². The van der Waals surface area contributed by atoms with Crippen LogP contribution in [0.1, 0.15) is 27.0 Å². The second kappa shape index (κ2) is 14.5. The molecule has 0 aliphatic heterocycles. The average Bonchev–Trinajstić information content (AvgIpc) is 3.44. The highest BCUT2D eigenvalue weighted by atomic mass is 35.5. The molecule has 0 saturated heterocycles. The molecule has 0 fully saturated rings. The van der Waals surface area contributed by atoms with Crippen LogP contribution in [0.4, 0.5) is 5.69 Å². The summed E-state index contributed by atoms with van der Waals surface area (Å²) in [6.45, 7) is 1.23. The number of hydrogen-bond acceptors (Lipinski definition) is 3. The number of amides is 2. The van der Waals surface area contributed by atoms with Gasteiger partial charge in [-0.3, -0.25) is 9.59 Å². The van der Waals surface area contributed by atoms with Crippen LogP contribution in [0.3, 0.4) is 0 Å². The van der Waals surface area contributed by atoms with Crippen LogP contribution < -0.4 is 4.90 Å². The fraction of sp³-hybridized carbons (Fsp3) is 0.222. The maximum atomic E-state index is 14.1. The summed E-state index contributed by atoms with van der Waals surface area (Å²) >= 11 is 12.5. The molecule has 0 unspecified atom stereocenters. The first kappa shape index (κ1) is 31.2. The van der Waals surface area contributed by atoms with Crippen molar-refractivity contribution in [1.29, 1.82) is 0 Å². The Kier molecular flexibility index (Phi) is 10.3. The normalized spacial score (nSPS) is 11.0. The number of para-hydroxylation sites is 1. The zero-order valence-electron chi connectivity index (χ0n) is 25.0. The number of nitrogens with zero attached hydrogens (tertiary/aromatic N) is 3. The molecule has 1 aromatic heterocycles. The van der Waals surface area contributed by atoms with Gasteiger partial charge in [-0.15, -0.1) is 0 Å². The van der Waals surface area contributed by atoms with Gasteiger partial charge < -0.3 is 19.7 Å². The highest BCUT2D eigenvalue weighted by Gasteiger charge is 2.24. The second-order valence-electron chi connectivity index (χ2n) is 11.1. The predicted octanol–water partition coefficient (Wildman–Crippen LogP) is 7.50. The Hall–Kier alpha value is -4.26. The van der Waals surface area contributed by atoms with Gasteiger partial charge in [0.2, 0.25) is 5.91 Å². The SMILES string of the molecule is CN(C)c1ccc(CN(CCc2c[nH]c3ccccc23)C(=O)CN(CCc2ccccc2)C(=O)c2cc(Cl)cc(Cl)c2)cc1. The van der Waals surface area contributed by atoms with Gasteiger partial charge in [0.15, 0.2) is 0 Å². The van der Waals surface area contributed by atoms with Crippen LogP contribution in [0, 0.1) is 0 Å². The van der Waals surface area contributed by atoms with E-state index in [4.69, 9.17) is 23.2 Å². The number of hydrogen-bond donors (Lipinski definition) is 1. The number of anilines is 1. The molecule has 4 aromatic carbocycles. The minimum absolute atomic E-state index is 0.0700. The van der Waals surface area contributed by atoms with Crippen molar-refractivity contribution >= 4 is 51.6 Å². The fourth-order valence-electron chi connectivity index (χ4n) is 5.29. The van der Waals surface area contributed by atoms with Crippen molar-refractivity contribution in [3.8, 4) is 0 Å². The lowest BCUT2D eigenvalue weighted by atomic mass is 10.1. The van der Waals surface area contributed by atoms with Gasteiger partial charge in [-0.2, -0.15) is 0 Å². The molecule has 0 spiro atoms. The van der Waals surface area contributed by atoms with E-state index >= 15 is 0 Å². The maximum Gasteiger partial charge on any atom is 0.254 e. The van der Waals surface area contributed by atoms with Crippen molar-refractivity contribution in [2.75, 3.05) is 38.6 Å². The maximum absolute atomic E-state index is 14.1. The molecule has 0 aliphatic rings. The molecular formula is C36H36Cl2N4O2. The van der Waals surface area contributed by atoms with Gasteiger partial charge in [-0.25, -0.2) is 0 Å². The summed E-state index contributed by atoms with van der Waals surface area (Å²) in [4.78, 5) is 36.7. The summed E-state index contributed by atoms with van der Waals surface area (Å²) in [5.41, 5.74) is 5.76. The van der Waals surface area contributed by atoms with Gasteiger partial charge >= 0.3 is 0 Å². The molecule has 8 heteroatoms. The van der Waals surface area contributed by atoms with Crippen molar-refractivity contribution in [3.05, 3.63) is 136 Å². The minimum atomic E-state index is -0.286. The third kappa shape index (κ3) is 8.01. The lowest BCUT2D eigenvalue weighted by molar-refractivity contribution is -0.132. The third-order valence-electron chi connectivity index (χ3n) is 7.74. The number of fused-ring (bicyclic) bond motifs is 1. The molecule has 1 heterocycles. The van der Waals surface area contributed by atoms with Gasteiger partial charge in [-0.05, 0) is 65.9 Å². The van der Waals surface area contributed by atoms with Gasteiger partial charge in [-0.1, -0.05) is 83.9 Å². The summed E-state index contributed by atoms with van der Waals surface area (Å²) in [7, 11) is 4.00. The van der Waals surface area contributed by atoms with Crippen LogP contribution in [0.25, 0.3) is 10.9 Å². The summed E-state index contributed by atoms with van der Waals surface area (Å²) in [6.07, 6.45) is 3.29. The molecule has 5 aromatic rings. The molecule has 2 amide bonds. The Labute approximate surface area is 268 Å². The zero-order valence-corrected chi connectivity index (χ0v) is 26.5. The molecule has 0 saturated carbocycles. The van der Waals surface area contributed by atoms with Crippen LogP contribution in [-0.2, 0) is 24.2 Å². The number of carbonyl (C=O) groups is 2. The number of benzene rings is 4. The van der Waals surface area contributed by atoms with Crippen LogP contribution in [-0.4, -0.2) is 60.3 Å². The fourth-order valence-corrected chi connectivity index (χ4v) is 5.82. The van der Waals surface area contributed by atoms with E-state index in [-0.39, 0.29) is 18.4 Å². The summed E-state index contributed by atoms with van der Waals surface area (Å²) in [5.74, 6) is -0.415. The predicted molar refractivity (Wildman–Crippen MR) is 181 cm³/mol. The molecule has 226 valence electrons. The summed E-state index contributed by atoms with van der Waals surface area (Å²) in [5, 5.41) is 1.89. The summed E-state index contributed by atoms with van der Waals surface area (Å²) in [6, 6.07) is 31.1. The quantitative estimate of drug-likeness (QED) is 0.156.